The number of nitrogens with one attached hydrogen (secondary N) is 1. The first-order chi connectivity index (χ1) is 10.7. The third-order valence-corrected chi connectivity index (χ3v) is 5.72. The van der Waals surface area contributed by atoms with E-state index in [1.807, 2.05) is 12.1 Å². The van der Waals surface area contributed by atoms with Gasteiger partial charge in [0.2, 0.25) is 0 Å². The quantitative estimate of drug-likeness (QED) is 0.377. The van der Waals surface area contributed by atoms with Gasteiger partial charge >= 0.3 is 0 Å². The van der Waals surface area contributed by atoms with E-state index in [-0.39, 0.29) is 6.10 Å². The molecule has 1 saturated heterocycles. The van der Waals surface area contributed by atoms with Crippen LogP contribution in [-0.4, -0.2) is 29.3 Å². The molecular formula is C18H25N2O2+. The normalized spacial score (nSPS) is 31.2. The van der Waals surface area contributed by atoms with Gasteiger partial charge in [0.25, 0.3) is 5.69 Å². The fourth-order valence-electron chi connectivity index (χ4n) is 4.62. The van der Waals surface area contributed by atoms with Gasteiger partial charge < -0.3 is 10.1 Å². The number of ether oxygens (including phenoxy) is 1. The Bertz CT molecular complexity index is 580. The molecule has 4 rings (SSSR count). The van der Waals surface area contributed by atoms with E-state index < -0.39 is 0 Å². The van der Waals surface area contributed by atoms with Crippen molar-refractivity contribution in [2.75, 3.05) is 11.9 Å². The zero-order valence-corrected chi connectivity index (χ0v) is 13.0. The molecule has 4 heteroatoms. The van der Waals surface area contributed by atoms with Crippen molar-refractivity contribution in [3.05, 3.63) is 23.8 Å². The Morgan fingerprint density at radius 1 is 1.18 bits per heavy atom. The maximum atomic E-state index is 9.58. The van der Waals surface area contributed by atoms with Crippen molar-refractivity contribution in [1.82, 2.24) is 0 Å². The molecule has 3 atom stereocenters. The molecule has 1 aromatic rings. The van der Waals surface area contributed by atoms with Gasteiger partial charge in [-0.05, 0) is 31.2 Å². The maximum Gasteiger partial charge on any atom is 0.257 e. The Hall–Kier alpha value is -1.55. The van der Waals surface area contributed by atoms with Crippen LogP contribution >= 0.6 is 0 Å². The van der Waals surface area contributed by atoms with E-state index in [1.54, 1.807) is 0 Å². The average molecular weight is 301 g/mol. The molecule has 2 heterocycles. The molecule has 2 aliphatic heterocycles. The third kappa shape index (κ3) is 2.30. The number of anilines is 1. The summed E-state index contributed by atoms with van der Waals surface area (Å²) in [6.07, 6.45) is 8.12. The van der Waals surface area contributed by atoms with Crippen LogP contribution in [0.1, 0.15) is 50.2 Å². The number of fused-ring (bicyclic) bond motifs is 3. The van der Waals surface area contributed by atoms with Crippen LogP contribution in [0.4, 0.5) is 11.4 Å². The van der Waals surface area contributed by atoms with Crippen LogP contribution in [0.15, 0.2) is 18.2 Å². The van der Waals surface area contributed by atoms with E-state index in [9.17, 15) is 5.21 Å². The Morgan fingerprint density at radius 3 is 2.77 bits per heavy atom. The predicted octanol–water partition coefficient (Wildman–Crippen LogP) is 3.87. The molecule has 0 bridgehead atoms. The highest BCUT2D eigenvalue weighted by molar-refractivity contribution is 5.60. The summed E-state index contributed by atoms with van der Waals surface area (Å²) in [5.41, 5.74) is 3.06. The molecule has 0 aromatic heterocycles. The van der Waals surface area contributed by atoms with Crippen LogP contribution in [0.2, 0.25) is 0 Å². The zero-order valence-electron chi connectivity index (χ0n) is 13.0. The molecule has 1 aliphatic carbocycles. The first-order valence-corrected chi connectivity index (χ1v) is 8.55. The standard InChI is InChI=1S/C18H25N2O2/c1-20(21)13-7-8-16-15(11-13)18-14(9-10-22-18)17(19-16)12-5-3-2-4-6-12/h7-8,11-12,14,17-19,21H,1-6,9-10H2/q+1. The second-order valence-corrected chi connectivity index (χ2v) is 6.98. The molecule has 1 aromatic carbocycles. The number of nitrogens with zero attached hydrogens (tertiary/aromatic N) is 1. The minimum atomic E-state index is 0.170. The summed E-state index contributed by atoms with van der Waals surface area (Å²) in [4.78, 5) is 0. The van der Waals surface area contributed by atoms with E-state index >= 15 is 0 Å². The predicted molar refractivity (Wildman–Crippen MR) is 86.1 cm³/mol. The van der Waals surface area contributed by atoms with Crippen molar-refractivity contribution in [1.29, 1.82) is 0 Å². The van der Waals surface area contributed by atoms with Crippen molar-refractivity contribution >= 4 is 18.1 Å². The summed E-state index contributed by atoms with van der Waals surface area (Å²) in [7, 11) is 0. The Kier molecular flexibility index (Phi) is 3.57. The molecule has 2 N–H and O–H groups in total. The number of hydrogen-bond acceptors (Lipinski definition) is 3. The molecular weight excluding hydrogens is 276 g/mol. The maximum absolute atomic E-state index is 9.58. The molecule has 1 saturated carbocycles. The van der Waals surface area contributed by atoms with E-state index in [2.05, 4.69) is 18.1 Å². The van der Waals surface area contributed by atoms with E-state index in [1.165, 1.54) is 43.4 Å². The summed E-state index contributed by atoms with van der Waals surface area (Å²) < 4.78 is 7.01. The number of benzene rings is 1. The van der Waals surface area contributed by atoms with E-state index in [0.717, 1.165) is 23.7 Å². The average Bonchev–Trinajstić information content (AvgIpc) is 3.04. The van der Waals surface area contributed by atoms with Crippen molar-refractivity contribution in [2.45, 2.75) is 50.7 Å². The smallest absolute Gasteiger partial charge is 0.257 e. The van der Waals surface area contributed by atoms with Gasteiger partial charge in [-0.15, -0.1) is 0 Å². The van der Waals surface area contributed by atoms with Gasteiger partial charge in [0.05, 0.1) is 6.10 Å². The highest BCUT2D eigenvalue weighted by Gasteiger charge is 2.44. The lowest BCUT2D eigenvalue weighted by atomic mass is 9.73. The molecule has 0 spiro atoms. The van der Waals surface area contributed by atoms with Crippen LogP contribution in [0.25, 0.3) is 0 Å². The van der Waals surface area contributed by atoms with Gasteiger partial charge in [-0.3, -0.25) is 5.21 Å². The Labute approximate surface area is 131 Å². The topological polar surface area (TPSA) is 44.5 Å². The van der Waals surface area contributed by atoms with Gasteiger partial charge in [0.15, 0.2) is 6.72 Å². The fourth-order valence-corrected chi connectivity index (χ4v) is 4.62. The number of rotatable bonds is 2. The van der Waals surface area contributed by atoms with Crippen molar-refractivity contribution < 1.29 is 14.7 Å². The summed E-state index contributed by atoms with van der Waals surface area (Å²) in [6.45, 7) is 4.40. The summed E-state index contributed by atoms with van der Waals surface area (Å²) in [6, 6.07) is 6.52. The third-order valence-electron chi connectivity index (χ3n) is 5.72. The van der Waals surface area contributed by atoms with Crippen LogP contribution in [0, 0.1) is 11.8 Å². The molecule has 0 amide bonds. The molecule has 118 valence electrons. The Balaban J connectivity index is 1.68. The zero-order chi connectivity index (χ0) is 15.1. The molecule has 0 radical (unpaired) electrons. The summed E-state index contributed by atoms with van der Waals surface area (Å²) in [5.74, 6) is 1.33. The SMILES string of the molecule is C=[N+](O)c1ccc2c(c1)C1OCCC1C(C1CCCCC1)N2. The second-order valence-electron chi connectivity index (χ2n) is 6.98. The molecule has 4 nitrogen and oxygen atoms in total. The van der Waals surface area contributed by atoms with Crippen molar-refractivity contribution in [3.8, 4) is 0 Å². The lowest BCUT2D eigenvalue weighted by Crippen LogP contribution is -2.42. The van der Waals surface area contributed by atoms with Gasteiger partial charge in [0, 0.05) is 46.7 Å². The van der Waals surface area contributed by atoms with Crippen molar-refractivity contribution in [3.63, 3.8) is 0 Å². The van der Waals surface area contributed by atoms with Gasteiger partial charge in [-0.1, -0.05) is 19.3 Å². The lowest BCUT2D eigenvalue weighted by molar-refractivity contribution is -0.706. The second kappa shape index (κ2) is 5.58. The highest BCUT2D eigenvalue weighted by Crippen LogP contribution is 2.48. The molecule has 3 aliphatic rings. The van der Waals surface area contributed by atoms with Crippen LogP contribution in [0.5, 0.6) is 0 Å². The largest absolute Gasteiger partial charge is 0.381 e. The first kappa shape index (κ1) is 14.1. The minimum Gasteiger partial charge on any atom is -0.381 e. The molecule has 2 fully saturated rings. The minimum absolute atomic E-state index is 0.170. The highest BCUT2D eigenvalue weighted by atomic mass is 16.5. The van der Waals surface area contributed by atoms with E-state index in [0.29, 0.717) is 17.6 Å². The van der Waals surface area contributed by atoms with Gasteiger partial charge in [0.1, 0.15) is 0 Å². The Morgan fingerprint density at radius 2 is 2.00 bits per heavy atom. The van der Waals surface area contributed by atoms with Gasteiger partial charge in [-0.25, -0.2) is 0 Å². The van der Waals surface area contributed by atoms with Crippen molar-refractivity contribution in [2.24, 2.45) is 11.8 Å². The fraction of sp³-hybridized carbons (Fsp3) is 0.611. The van der Waals surface area contributed by atoms with Crippen LogP contribution in [-0.2, 0) is 4.74 Å². The summed E-state index contributed by atoms with van der Waals surface area (Å²) in [5, 5.41) is 13.4. The number of hydrogen-bond donors (Lipinski definition) is 2. The molecule has 22 heavy (non-hydrogen) atoms. The van der Waals surface area contributed by atoms with Crippen LogP contribution < -0.4 is 5.32 Å². The first-order valence-electron chi connectivity index (χ1n) is 8.55. The van der Waals surface area contributed by atoms with E-state index in [4.69, 9.17) is 4.74 Å². The van der Waals surface area contributed by atoms with Gasteiger partial charge in [-0.2, -0.15) is 0 Å². The monoisotopic (exact) mass is 301 g/mol. The molecule has 3 unspecified atom stereocenters. The summed E-state index contributed by atoms with van der Waals surface area (Å²) >= 11 is 0. The lowest BCUT2D eigenvalue weighted by Gasteiger charge is -2.41. The van der Waals surface area contributed by atoms with Crippen LogP contribution in [0.3, 0.4) is 0 Å².